The Labute approximate surface area is 142 Å². The first-order valence-corrected chi connectivity index (χ1v) is 8.62. The Kier molecular flexibility index (Phi) is 5.69. The molecule has 2 aliphatic rings. The van der Waals surface area contributed by atoms with Gasteiger partial charge in [0.25, 0.3) is 11.8 Å². The monoisotopic (exact) mass is 332 g/mol. The fourth-order valence-corrected chi connectivity index (χ4v) is 3.02. The van der Waals surface area contributed by atoms with Gasteiger partial charge < -0.3 is 19.3 Å². The summed E-state index contributed by atoms with van der Waals surface area (Å²) in [5.74, 6) is 0.649. The van der Waals surface area contributed by atoms with Gasteiger partial charge in [-0.15, -0.1) is 0 Å². The van der Waals surface area contributed by atoms with E-state index >= 15 is 0 Å². The third-order valence-electron chi connectivity index (χ3n) is 4.47. The van der Waals surface area contributed by atoms with Gasteiger partial charge in [0.1, 0.15) is 5.75 Å². The third kappa shape index (κ3) is 4.26. The average molecular weight is 332 g/mol. The predicted molar refractivity (Wildman–Crippen MR) is 89.1 cm³/mol. The fraction of sp³-hybridized carbons (Fsp3) is 0.556. The second-order valence-corrected chi connectivity index (χ2v) is 6.16. The molecule has 0 aliphatic carbocycles. The van der Waals surface area contributed by atoms with E-state index in [-0.39, 0.29) is 18.4 Å². The Morgan fingerprint density at radius 3 is 2.25 bits per heavy atom. The summed E-state index contributed by atoms with van der Waals surface area (Å²) in [7, 11) is 0. The molecule has 0 unspecified atom stereocenters. The van der Waals surface area contributed by atoms with Crippen molar-refractivity contribution in [3.63, 3.8) is 0 Å². The average Bonchev–Trinajstić information content (AvgIpc) is 2.67. The molecule has 0 N–H and O–H groups in total. The highest BCUT2D eigenvalue weighted by Crippen LogP contribution is 2.15. The molecule has 130 valence electrons. The smallest absolute Gasteiger partial charge is 0.260 e. The van der Waals surface area contributed by atoms with Crippen LogP contribution in [-0.2, 0) is 9.53 Å². The van der Waals surface area contributed by atoms with Gasteiger partial charge in [-0.1, -0.05) is 0 Å². The van der Waals surface area contributed by atoms with E-state index in [9.17, 15) is 9.59 Å². The fourth-order valence-electron chi connectivity index (χ4n) is 3.02. The van der Waals surface area contributed by atoms with Crippen LogP contribution in [0.25, 0.3) is 0 Å². The summed E-state index contributed by atoms with van der Waals surface area (Å²) in [6, 6.07) is 6.99. The molecule has 6 heteroatoms. The number of ether oxygens (including phenoxy) is 2. The summed E-state index contributed by atoms with van der Waals surface area (Å²) in [6.45, 7) is 4.14. The van der Waals surface area contributed by atoms with Gasteiger partial charge in [0.05, 0.1) is 13.2 Å². The van der Waals surface area contributed by atoms with Gasteiger partial charge in [-0.2, -0.15) is 0 Å². The summed E-state index contributed by atoms with van der Waals surface area (Å²) in [6.07, 6.45) is 3.34. The van der Waals surface area contributed by atoms with Crippen molar-refractivity contribution in [2.45, 2.75) is 19.3 Å². The van der Waals surface area contributed by atoms with Crippen molar-refractivity contribution in [3.8, 4) is 5.75 Å². The highest BCUT2D eigenvalue weighted by atomic mass is 16.5. The van der Waals surface area contributed by atoms with Crippen LogP contribution in [0.3, 0.4) is 0 Å². The second kappa shape index (κ2) is 8.15. The molecule has 1 aromatic carbocycles. The lowest BCUT2D eigenvalue weighted by Gasteiger charge is -2.27. The normalized spacial score (nSPS) is 18.3. The SMILES string of the molecule is O=C(COc1ccc(C(=O)N2CCOCC2)cc1)N1CCCCC1. The van der Waals surface area contributed by atoms with Crippen LogP contribution in [0, 0.1) is 0 Å². The van der Waals surface area contributed by atoms with Gasteiger partial charge in [0.15, 0.2) is 6.61 Å². The van der Waals surface area contributed by atoms with Crippen molar-refractivity contribution < 1.29 is 19.1 Å². The molecule has 0 aromatic heterocycles. The standard InChI is InChI=1S/C18H24N2O4/c21-17(19-8-2-1-3-9-19)14-24-16-6-4-15(5-7-16)18(22)20-10-12-23-13-11-20/h4-7H,1-3,8-14H2. The summed E-state index contributed by atoms with van der Waals surface area (Å²) in [5.41, 5.74) is 0.631. The largest absolute Gasteiger partial charge is 0.484 e. The number of carbonyl (C=O) groups is 2. The second-order valence-electron chi connectivity index (χ2n) is 6.16. The van der Waals surface area contributed by atoms with E-state index in [2.05, 4.69) is 0 Å². The van der Waals surface area contributed by atoms with Crippen LogP contribution in [0.2, 0.25) is 0 Å². The van der Waals surface area contributed by atoms with Crippen molar-refractivity contribution in [3.05, 3.63) is 29.8 Å². The minimum Gasteiger partial charge on any atom is -0.484 e. The molecular formula is C18H24N2O4. The first kappa shape index (κ1) is 16.8. The van der Waals surface area contributed by atoms with Gasteiger partial charge in [-0.25, -0.2) is 0 Å². The number of benzene rings is 1. The molecule has 1 aromatic rings. The van der Waals surface area contributed by atoms with Crippen LogP contribution in [0.5, 0.6) is 5.75 Å². The zero-order valence-corrected chi connectivity index (χ0v) is 13.9. The Morgan fingerprint density at radius 2 is 1.58 bits per heavy atom. The highest BCUT2D eigenvalue weighted by molar-refractivity contribution is 5.94. The van der Waals surface area contributed by atoms with Gasteiger partial charge >= 0.3 is 0 Å². The highest BCUT2D eigenvalue weighted by Gasteiger charge is 2.19. The van der Waals surface area contributed by atoms with Crippen molar-refractivity contribution in [2.75, 3.05) is 46.0 Å². The Hall–Kier alpha value is -2.08. The van der Waals surface area contributed by atoms with Gasteiger partial charge in [-0.05, 0) is 43.5 Å². The number of hydrogen-bond acceptors (Lipinski definition) is 4. The molecule has 0 radical (unpaired) electrons. The zero-order valence-electron chi connectivity index (χ0n) is 13.9. The van der Waals surface area contributed by atoms with E-state index < -0.39 is 0 Å². The van der Waals surface area contributed by atoms with Gasteiger partial charge in [-0.3, -0.25) is 9.59 Å². The first-order chi connectivity index (χ1) is 11.7. The Balaban J connectivity index is 1.50. The molecule has 2 aliphatic heterocycles. The number of carbonyl (C=O) groups excluding carboxylic acids is 2. The molecule has 0 bridgehead atoms. The van der Waals surface area contributed by atoms with Crippen LogP contribution < -0.4 is 4.74 Å². The quantitative estimate of drug-likeness (QED) is 0.839. The van der Waals surface area contributed by atoms with E-state index in [4.69, 9.17) is 9.47 Å². The first-order valence-electron chi connectivity index (χ1n) is 8.62. The lowest BCUT2D eigenvalue weighted by Crippen LogP contribution is -2.40. The van der Waals surface area contributed by atoms with Crippen molar-refractivity contribution in [1.29, 1.82) is 0 Å². The minimum atomic E-state index is 0.00856. The summed E-state index contributed by atoms with van der Waals surface area (Å²) < 4.78 is 10.8. The summed E-state index contributed by atoms with van der Waals surface area (Å²) in [4.78, 5) is 28.1. The summed E-state index contributed by atoms with van der Waals surface area (Å²) in [5, 5.41) is 0. The van der Waals surface area contributed by atoms with Crippen LogP contribution in [0.4, 0.5) is 0 Å². The van der Waals surface area contributed by atoms with Crippen molar-refractivity contribution in [2.24, 2.45) is 0 Å². The van der Waals surface area contributed by atoms with E-state index in [1.807, 2.05) is 4.90 Å². The molecule has 24 heavy (non-hydrogen) atoms. The van der Waals surface area contributed by atoms with Gasteiger partial charge in [0, 0.05) is 31.7 Å². The maximum Gasteiger partial charge on any atom is 0.260 e. The molecule has 3 rings (SSSR count). The lowest BCUT2D eigenvalue weighted by atomic mass is 10.1. The molecule has 2 heterocycles. The van der Waals surface area contributed by atoms with Gasteiger partial charge in [0.2, 0.25) is 0 Å². The number of amides is 2. The Morgan fingerprint density at radius 1 is 0.917 bits per heavy atom. The number of likely N-dealkylation sites (tertiary alicyclic amines) is 1. The van der Waals surface area contributed by atoms with E-state index in [1.54, 1.807) is 29.2 Å². The molecule has 2 saturated heterocycles. The maximum absolute atomic E-state index is 12.4. The molecule has 0 saturated carbocycles. The van der Waals surface area contributed by atoms with Crippen LogP contribution in [-0.4, -0.2) is 67.6 Å². The number of nitrogens with zero attached hydrogens (tertiary/aromatic N) is 2. The third-order valence-corrected chi connectivity index (χ3v) is 4.47. The Bertz CT molecular complexity index is 561. The van der Waals surface area contributed by atoms with Crippen LogP contribution in [0.1, 0.15) is 29.6 Å². The number of piperidine rings is 1. The van der Waals surface area contributed by atoms with Crippen LogP contribution >= 0.6 is 0 Å². The molecule has 2 fully saturated rings. The topological polar surface area (TPSA) is 59.1 Å². The van der Waals surface area contributed by atoms with Crippen LogP contribution in [0.15, 0.2) is 24.3 Å². The minimum absolute atomic E-state index is 0.00856. The molecule has 0 spiro atoms. The number of rotatable bonds is 4. The molecule has 2 amide bonds. The zero-order chi connectivity index (χ0) is 16.8. The number of morpholine rings is 1. The van der Waals surface area contributed by atoms with Crippen molar-refractivity contribution in [1.82, 2.24) is 9.80 Å². The van der Waals surface area contributed by atoms with E-state index in [0.717, 1.165) is 25.9 Å². The predicted octanol–water partition coefficient (Wildman–Crippen LogP) is 1.55. The molecular weight excluding hydrogens is 308 g/mol. The van der Waals surface area contributed by atoms with E-state index in [0.29, 0.717) is 37.6 Å². The summed E-state index contributed by atoms with van der Waals surface area (Å²) >= 11 is 0. The lowest BCUT2D eigenvalue weighted by molar-refractivity contribution is -0.134. The van der Waals surface area contributed by atoms with E-state index in [1.165, 1.54) is 6.42 Å². The van der Waals surface area contributed by atoms with Crippen molar-refractivity contribution >= 4 is 11.8 Å². The number of hydrogen-bond donors (Lipinski definition) is 0. The maximum atomic E-state index is 12.4. The molecule has 0 atom stereocenters. The molecule has 6 nitrogen and oxygen atoms in total.